The zero-order chi connectivity index (χ0) is 20.4. The molecule has 0 unspecified atom stereocenters. The van der Waals surface area contributed by atoms with Crippen molar-refractivity contribution >= 4 is 10.0 Å². The van der Waals surface area contributed by atoms with E-state index in [2.05, 4.69) is 15.5 Å². The molecule has 0 N–H and O–H groups in total. The van der Waals surface area contributed by atoms with Crippen molar-refractivity contribution in [3.63, 3.8) is 0 Å². The molecule has 152 valence electrons. The summed E-state index contributed by atoms with van der Waals surface area (Å²) >= 11 is 0. The molecule has 0 radical (unpaired) electrons. The van der Waals surface area contributed by atoms with Crippen LogP contribution in [0.5, 0.6) is 0 Å². The van der Waals surface area contributed by atoms with E-state index in [1.807, 2.05) is 35.2 Å². The molecule has 1 saturated heterocycles. The second-order valence-corrected chi connectivity index (χ2v) is 8.50. The van der Waals surface area contributed by atoms with Crippen LogP contribution in [0.4, 0.5) is 8.78 Å². The average molecular weight is 420 g/mol. The van der Waals surface area contributed by atoms with Crippen molar-refractivity contribution in [2.24, 2.45) is 0 Å². The Hall–Kier alpha value is -2.76. The summed E-state index contributed by atoms with van der Waals surface area (Å²) < 4.78 is 55.3. The van der Waals surface area contributed by atoms with Crippen LogP contribution in [0.15, 0.2) is 53.4 Å². The number of tetrazole rings is 1. The summed E-state index contributed by atoms with van der Waals surface area (Å²) in [5, 5.41) is 11.8. The van der Waals surface area contributed by atoms with Gasteiger partial charge in [0, 0.05) is 32.2 Å². The SMILES string of the molecule is O=S(=O)(c1ccc(F)cc1F)N1CCN(Cc2nnnn2-c2ccccc2)CC1. The fraction of sp³-hybridized carbons (Fsp3) is 0.278. The number of hydrogen-bond acceptors (Lipinski definition) is 6. The zero-order valence-corrected chi connectivity index (χ0v) is 16.1. The minimum Gasteiger partial charge on any atom is -0.293 e. The summed E-state index contributed by atoms with van der Waals surface area (Å²) in [6.07, 6.45) is 0. The molecule has 3 aromatic rings. The summed E-state index contributed by atoms with van der Waals surface area (Å²) in [6, 6.07) is 11.9. The van der Waals surface area contributed by atoms with E-state index in [0.29, 0.717) is 31.5 Å². The van der Waals surface area contributed by atoms with Crippen LogP contribution in [-0.2, 0) is 16.6 Å². The van der Waals surface area contributed by atoms with E-state index in [1.165, 1.54) is 4.31 Å². The summed E-state index contributed by atoms with van der Waals surface area (Å²) in [5.41, 5.74) is 0.834. The van der Waals surface area contributed by atoms with Crippen LogP contribution in [0.3, 0.4) is 0 Å². The topological polar surface area (TPSA) is 84.2 Å². The highest BCUT2D eigenvalue weighted by molar-refractivity contribution is 7.89. The first-order valence-corrected chi connectivity index (χ1v) is 10.4. The fourth-order valence-corrected chi connectivity index (χ4v) is 4.69. The lowest BCUT2D eigenvalue weighted by Crippen LogP contribution is -2.48. The van der Waals surface area contributed by atoms with Gasteiger partial charge in [0.1, 0.15) is 16.5 Å². The molecular formula is C18H18F2N6O2S. The number of piperazine rings is 1. The molecule has 0 atom stereocenters. The van der Waals surface area contributed by atoms with Crippen molar-refractivity contribution in [1.82, 2.24) is 29.4 Å². The van der Waals surface area contributed by atoms with Crippen molar-refractivity contribution < 1.29 is 17.2 Å². The lowest BCUT2D eigenvalue weighted by molar-refractivity contribution is 0.176. The molecule has 0 aliphatic carbocycles. The van der Waals surface area contributed by atoms with Crippen molar-refractivity contribution in [3.05, 3.63) is 66.0 Å². The molecule has 1 fully saturated rings. The third-order valence-corrected chi connectivity index (χ3v) is 6.67. The number of sulfonamides is 1. The zero-order valence-electron chi connectivity index (χ0n) is 15.3. The van der Waals surface area contributed by atoms with Gasteiger partial charge in [-0.05, 0) is 34.7 Å². The predicted octanol–water partition coefficient (Wildman–Crippen LogP) is 1.45. The third kappa shape index (κ3) is 4.02. The lowest BCUT2D eigenvalue weighted by atomic mass is 10.3. The van der Waals surface area contributed by atoms with Crippen molar-refractivity contribution in [1.29, 1.82) is 0 Å². The summed E-state index contributed by atoms with van der Waals surface area (Å²) in [6.45, 7) is 1.69. The van der Waals surface area contributed by atoms with Gasteiger partial charge in [-0.2, -0.15) is 8.99 Å². The van der Waals surface area contributed by atoms with Gasteiger partial charge in [-0.15, -0.1) is 5.10 Å². The Kier molecular flexibility index (Phi) is 5.35. The standard InChI is InChI=1S/C18H18F2N6O2S/c19-14-6-7-17(16(20)12-14)29(27,28)25-10-8-24(9-11-25)13-18-21-22-23-26(18)15-4-2-1-3-5-15/h1-7,12H,8-11,13H2. The summed E-state index contributed by atoms with van der Waals surface area (Å²) in [4.78, 5) is 1.51. The lowest BCUT2D eigenvalue weighted by Gasteiger charge is -2.33. The Labute approximate surface area is 166 Å². The fourth-order valence-electron chi connectivity index (χ4n) is 3.23. The number of aromatic nitrogens is 4. The highest BCUT2D eigenvalue weighted by Gasteiger charge is 2.31. The third-order valence-electron chi connectivity index (χ3n) is 4.74. The minimum absolute atomic E-state index is 0.187. The Morgan fingerprint density at radius 1 is 0.966 bits per heavy atom. The number of rotatable bonds is 5. The maximum Gasteiger partial charge on any atom is 0.246 e. The highest BCUT2D eigenvalue weighted by Crippen LogP contribution is 2.22. The number of para-hydroxylation sites is 1. The van der Waals surface area contributed by atoms with Crippen molar-refractivity contribution in [2.75, 3.05) is 26.2 Å². The van der Waals surface area contributed by atoms with Gasteiger partial charge in [-0.25, -0.2) is 17.2 Å². The van der Waals surface area contributed by atoms with Crippen LogP contribution in [0, 0.1) is 11.6 Å². The number of benzene rings is 2. The molecule has 11 heteroatoms. The number of nitrogens with zero attached hydrogens (tertiary/aromatic N) is 6. The molecular weight excluding hydrogens is 402 g/mol. The molecule has 8 nitrogen and oxygen atoms in total. The Balaban J connectivity index is 1.44. The first-order valence-electron chi connectivity index (χ1n) is 8.95. The second-order valence-electron chi connectivity index (χ2n) is 6.60. The Morgan fingerprint density at radius 3 is 2.38 bits per heavy atom. The molecule has 0 bridgehead atoms. The monoisotopic (exact) mass is 420 g/mol. The molecule has 0 amide bonds. The number of hydrogen-bond donors (Lipinski definition) is 0. The van der Waals surface area contributed by atoms with Gasteiger partial charge in [-0.1, -0.05) is 18.2 Å². The molecule has 2 aromatic carbocycles. The van der Waals surface area contributed by atoms with E-state index in [0.717, 1.165) is 17.8 Å². The Morgan fingerprint density at radius 2 is 1.69 bits per heavy atom. The maximum absolute atomic E-state index is 14.0. The molecule has 1 aliphatic rings. The van der Waals surface area contributed by atoms with Crippen LogP contribution in [-0.4, -0.2) is 64.0 Å². The van der Waals surface area contributed by atoms with E-state index in [1.54, 1.807) is 4.68 Å². The normalized spacial score (nSPS) is 16.2. The van der Waals surface area contributed by atoms with Gasteiger partial charge in [0.2, 0.25) is 10.0 Å². The molecule has 0 saturated carbocycles. The van der Waals surface area contributed by atoms with E-state index >= 15 is 0 Å². The molecule has 2 heterocycles. The van der Waals surface area contributed by atoms with Crippen LogP contribution < -0.4 is 0 Å². The smallest absolute Gasteiger partial charge is 0.246 e. The molecule has 29 heavy (non-hydrogen) atoms. The highest BCUT2D eigenvalue weighted by atomic mass is 32.2. The minimum atomic E-state index is -4.03. The van der Waals surface area contributed by atoms with Crippen LogP contribution in [0.25, 0.3) is 5.69 Å². The average Bonchev–Trinajstić information content (AvgIpc) is 3.17. The van der Waals surface area contributed by atoms with E-state index in [9.17, 15) is 17.2 Å². The second kappa shape index (κ2) is 7.93. The van der Waals surface area contributed by atoms with Crippen LogP contribution >= 0.6 is 0 Å². The summed E-state index contributed by atoms with van der Waals surface area (Å²) in [7, 11) is -4.03. The van der Waals surface area contributed by atoms with Gasteiger partial charge >= 0.3 is 0 Å². The maximum atomic E-state index is 14.0. The summed E-state index contributed by atoms with van der Waals surface area (Å²) in [5.74, 6) is -1.27. The molecule has 1 aromatic heterocycles. The predicted molar refractivity (Wildman–Crippen MR) is 99.5 cm³/mol. The quantitative estimate of drug-likeness (QED) is 0.621. The first-order chi connectivity index (χ1) is 13.9. The van der Waals surface area contributed by atoms with Gasteiger partial charge in [0.25, 0.3) is 0 Å². The van der Waals surface area contributed by atoms with Crippen molar-refractivity contribution in [3.8, 4) is 5.69 Å². The van der Waals surface area contributed by atoms with E-state index < -0.39 is 26.6 Å². The van der Waals surface area contributed by atoms with E-state index in [-0.39, 0.29) is 13.1 Å². The van der Waals surface area contributed by atoms with Crippen molar-refractivity contribution in [2.45, 2.75) is 11.4 Å². The van der Waals surface area contributed by atoms with Gasteiger partial charge in [0.15, 0.2) is 5.82 Å². The van der Waals surface area contributed by atoms with Gasteiger partial charge < -0.3 is 0 Å². The molecule has 0 spiro atoms. The number of halogens is 2. The van der Waals surface area contributed by atoms with Crippen LogP contribution in [0.1, 0.15) is 5.82 Å². The van der Waals surface area contributed by atoms with Crippen LogP contribution in [0.2, 0.25) is 0 Å². The Bertz CT molecular complexity index is 1100. The molecule has 1 aliphatic heterocycles. The molecule has 4 rings (SSSR count). The van der Waals surface area contributed by atoms with Gasteiger partial charge in [-0.3, -0.25) is 4.90 Å². The largest absolute Gasteiger partial charge is 0.293 e. The van der Waals surface area contributed by atoms with Gasteiger partial charge in [0.05, 0.1) is 12.2 Å². The first kappa shape index (κ1) is 19.6. The van der Waals surface area contributed by atoms with E-state index in [4.69, 9.17) is 0 Å².